The van der Waals surface area contributed by atoms with Crippen LogP contribution >= 0.6 is 36.6 Å². The molecule has 0 heterocycles. The van der Waals surface area contributed by atoms with Gasteiger partial charge in [-0.2, -0.15) is 12.6 Å². The highest BCUT2D eigenvalue weighted by atomic mass is 127. The van der Waals surface area contributed by atoms with Crippen molar-refractivity contribution in [3.63, 3.8) is 0 Å². The fourth-order valence-electron chi connectivity index (χ4n) is 0.127. The van der Waals surface area contributed by atoms with E-state index in [1.807, 2.05) is 0 Å². The van der Waals surface area contributed by atoms with Crippen molar-refractivity contribution in [1.82, 2.24) is 0 Å². The van der Waals surface area contributed by atoms with E-state index in [1.54, 1.807) is 0 Å². The Hall–Kier alpha value is 0.990. The maximum atomic E-state index is 9.96. The summed E-state index contributed by atoms with van der Waals surface area (Å²) in [7, 11) is -3.25. The summed E-state index contributed by atoms with van der Waals surface area (Å²) in [4.78, 5) is 0. The summed E-state index contributed by atoms with van der Waals surface area (Å²) >= 11 is 3.65. The molecule has 6 heteroatoms. The Morgan fingerprint density at radius 2 is 1.88 bits per heavy atom. The number of primary sulfonamides is 1. The van der Waals surface area contributed by atoms with E-state index >= 15 is 0 Å². The maximum Gasteiger partial charge on any atom is 0.209 e. The molecule has 3 nitrogen and oxygen atoms in total. The Bertz CT molecular complexity index is 131. The number of hydrogen-bond donors (Lipinski definition) is 2. The number of rotatable bonds is 2. The largest absolute Gasteiger partial charge is 0.229 e. The molecule has 0 aromatic rings. The molecule has 0 saturated carbocycles. The molecule has 2 N–H and O–H groups in total. The van der Waals surface area contributed by atoms with Gasteiger partial charge in [0.05, 0.1) is 5.75 Å². The van der Waals surface area contributed by atoms with Gasteiger partial charge in [0, 0.05) is 5.75 Å². The second kappa shape index (κ2) is 4.83. The maximum absolute atomic E-state index is 9.96. The van der Waals surface area contributed by atoms with Crippen LogP contribution in [0.5, 0.6) is 0 Å². The number of thiol groups is 1. The number of halogens is 1. The predicted octanol–water partition coefficient (Wildman–Crippen LogP) is -0.177. The van der Waals surface area contributed by atoms with Crippen LogP contribution in [0, 0.1) is 0 Å². The fourth-order valence-corrected chi connectivity index (χ4v) is 1.15. The molecule has 0 aromatic carbocycles. The summed E-state index contributed by atoms with van der Waals surface area (Å²) < 4.78 is 19.9. The fraction of sp³-hybridized carbons (Fsp3) is 1.00. The molecule has 0 aliphatic heterocycles. The zero-order valence-electron chi connectivity index (χ0n) is 4.07. The van der Waals surface area contributed by atoms with Gasteiger partial charge in [0.25, 0.3) is 0 Å². The molecule has 0 atom stereocenters. The Morgan fingerprint density at radius 3 is 1.88 bits per heavy atom. The first-order valence-corrected chi connectivity index (χ1v) is 4.02. The van der Waals surface area contributed by atoms with Crippen molar-refractivity contribution in [2.45, 2.75) is 0 Å². The van der Waals surface area contributed by atoms with Gasteiger partial charge in [-0.15, -0.1) is 24.0 Å². The van der Waals surface area contributed by atoms with Gasteiger partial charge in [-0.3, -0.25) is 0 Å². The lowest BCUT2D eigenvalue weighted by atomic mass is 11.0. The van der Waals surface area contributed by atoms with Gasteiger partial charge in [-0.05, 0) is 0 Å². The zero-order valence-corrected chi connectivity index (χ0v) is 8.11. The monoisotopic (exact) mass is 269 g/mol. The molecular formula is C2H8INO2S2. The van der Waals surface area contributed by atoms with E-state index in [0.29, 0.717) is 5.75 Å². The Morgan fingerprint density at radius 1 is 1.50 bits per heavy atom. The summed E-state index contributed by atoms with van der Waals surface area (Å²) in [6.45, 7) is 0. The van der Waals surface area contributed by atoms with Gasteiger partial charge >= 0.3 is 0 Å². The van der Waals surface area contributed by atoms with Crippen LogP contribution in [0.15, 0.2) is 0 Å². The molecule has 0 aliphatic carbocycles. The molecule has 0 bridgehead atoms. The molecule has 0 radical (unpaired) electrons. The Labute approximate surface area is 71.5 Å². The highest BCUT2D eigenvalue weighted by molar-refractivity contribution is 14.0. The van der Waals surface area contributed by atoms with Crippen molar-refractivity contribution in [3.8, 4) is 0 Å². The van der Waals surface area contributed by atoms with Gasteiger partial charge in [0.15, 0.2) is 0 Å². The van der Waals surface area contributed by atoms with Gasteiger partial charge < -0.3 is 0 Å². The standard InChI is InChI=1S/C2H7NO2S2.HI/c3-7(4,5)2-1-6;/h6H,1-2H2,(H2,3,4,5);1H. The third-order valence-electron chi connectivity index (χ3n) is 0.376. The van der Waals surface area contributed by atoms with Crippen molar-refractivity contribution in [3.05, 3.63) is 0 Å². The van der Waals surface area contributed by atoms with E-state index in [0.717, 1.165) is 0 Å². The van der Waals surface area contributed by atoms with Gasteiger partial charge in [0.2, 0.25) is 10.0 Å². The minimum atomic E-state index is -3.25. The van der Waals surface area contributed by atoms with E-state index < -0.39 is 10.0 Å². The van der Waals surface area contributed by atoms with Gasteiger partial charge in [-0.25, -0.2) is 13.6 Å². The van der Waals surface area contributed by atoms with Crippen LogP contribution in [0.3, 0.4) is 0 Å². The van der Waals surface area contributed by atoms with E-state index in [1.165, 1.54) is 0 Å². The topological polar surface area (TPSA) is 60.2 Å². The minimum Gasteiger partial charge on any atom is -0.229 e. The highest BCUT2D eigenvalue weighted by Gasteiger charge is 1.96. The smallest absolute Gasteiger partial charge is 0.209 e. The quantitative estimate of drug-likeness (QED) is 0.540. The number of hydrogen-bond acceptors (Lipinski definition) is 3. The van der Waals surface area contributed by atoms with Crippen LogP contribution in [-0.4, -0.2) is 19.9 Å². The van der Waals surface area contributed by atoms with E-state index in [2.05, 4.69) is 17.8 Å². The average molecular weight is 269 g/mol. The highest BCUT2D eigenvalue weighted by Crippen LogP contribution is 1.78. The summed E-state index contributed by atoms with van der Waals surface area (Å²) in [5.41, 5.74) is 0. The predicted molar refractivity (Wildman–Crippen MR) is 47.2 cm³/mol. The molecule has 0 rings (SSSR count). The molecule has 52 valence electrons. The normalized spacial score (nSPS) is 10.2. The molecular weight excluding hydrogens is 261 g/mol. The van der Waals surface area contributed by atoms with Crippen LogP contribution in [0.4, 0.5) is 0 Å². The van der Waals surface area contributed by atoms with Crippen molar-refractivity contribution < 1.29 is 8.42 Å². The second-order valence-electron chi connectivity index (χ2n) is 1.09. The van der Waals surface area contributed by atoms with Crippen LogP contribution in [-0.2, 0) is 10.0 Å². The van der Waals surface area contributed by atoms with Crippen LogP contribution < -0.4 is 5.14 Å². The summed E-state index contributed by atoms with van der Waals surface area (Å²) in [6.07, 6.45) is 0. The van der Waals surface area contributed by atoms with Crippen molar-refractivity contribution >= 4 is 46.6 Å². The SMILES string of the molecule is I.NS(=O)(=O)CCS. The van der Waals surface area contributed by atoms with Crippen molar-refractivity contribution in [1.29, 1.82) is 0 Å². The van der Waals surface area contributed by atoms with E-state index in [4.69, 9.17) is 0 Å². The second-order valence-corrected chi connectivity index (χ2v) is 3.27. The lowest BCUT2D eigenvalue weighted by Gasteiger charge is -1.87. The molecule has 0 amide bonds. The summed E-state index contributed by atoms with van der Waals surface area (Å²) in [5.74, 6) is 0.245. The number of nitrogens with two attached hydrogens (primary N) is 1. The van der Waals surface area contributed by atoms with Crippen LogP contribution in [0.2, 0.25) is 0 Å². The summed E-state index contributed by atoms with van der Waals surface area (Å²) in [6, 6.07) is 0. The Kier molecular flexibility index (Phi) is 7.09. The lowest BCUT2D eigenvalue weighted by molar-refractivity contribution is 0.599. The van der Waals surface area contributed by atoms with E-state index in [9.17, 15) is 8.42 Å². The Balaban J connectivity index is 0. The molecule has 0 unspecified atom stereocenters. The zero-order chi connectivity index (χ0) is 5.91. The first kappa shape index (κ1) is 11.7. The van der Waals surface area contributed by atoms with E-state index in [-0.39, 0.29) is 29.7 Å². The van der Waals surface area contributed by atoms with Crippen molar-refractivity contribution in [2.75, 3.05) is 11.5 Å². The lowest BCUT2D eigenvalue weighted by Crippen LogP contribution is -2.16. The molecule has 0 aliphatic rings. The van der Waals surface area contributed by atoms with Crippen molar-refractivity contribution in [2.24, 2.45) is 5.14 Å². The third kappa shape index (κ3) is 10.1. The van der Waals surface area contributed by atoms with Crippen LogP contribution in [0.1, 0.15) is 0 Å². The minimum absolute atomic E-state index is 0. The molecule has 0 saturated heterocycles. The molecule has 8 heavy (non-hydrogen) atoms. The summed E-state index contributed by atoms with van der Waals surface area (Å²) in [5, 5.41) is 4.57. The molecule has 0 aromatic heterocycles. The first-order valence-electron chi connectivity index (χ1n) is 1.67. The third-order valence-corrected chi connectivity index (χ3v) is 1.68. The van der Waals surface area contributed by atoms with Gasteiger partial charge in [0.1, 0.15) is 0 Å². The molecule has 0 fully saturated rings. The van der Waals surface area contributed by atoms with Crippen LogP contribution in [0.25, 0.3) is 0 Å². The number of sulfonamides is 1. The first-order chi connectivity index (χ1) is 3.06. The van der Waals surface area contributed by atoms with Gasteiger partial charge in [-0.1, -0.05) is 0 Å². The molecule has 0 spiro atoms. The average Bonchev–Trinajstić information content (AvgIpc) is 1.30.